The standard InChI is InChI=1S/C31H35ClFN9O2S/c1-31(2,3)44-30(43)40-14-12-39(13-15-40)23-18-35-29(36-19-23)42-20-25(28(37-42)21-6-8-34-9-7-21)24-16-22(32)17-26(27(24)33)38-45-41-10-4-5-11-41/h6-9,16-20,38H,4-5,10-15H2,1-3H3. The molecular formula is C31H35ClFN9O2S. The minimum Gasteiger partial charge on any atom is -0.444 e. The average Bonchev–Trinajstić information content (AvgIpc) is 3.72. The van der Waals surface area contributed by atoms with E-state index in [1.165, 1.54) is 12.1 Å². The monoisotopic (exact) mass is 651 g/mol. The topological polar surface area (TPSA) is 105 Å². The summed E-state index contributed by atoms with van der Waals surface area (Å²) in [5.74, 6) is -0.0965. The predicted molar refractivity (Wildman–Crippen MR) is 175 cm³/mol. The zero-order valence-corrected chi connectivity index (χ0v) is 27.0. The van der Waals surface area contributed by atoms with Crippen molar-refractivity contribution in [1.29, 1.82) is 0 Å². The molecule has 2 fully saturated rings. The molecule has 0 aliphatic carbocycles. The number of nitrogens with one attached hydrogen (secondary N) is 1. The number of carbonyl (C=O) groups is 1. The van der Waals surface area contributed by atoms with Gasteiger partial charge in [0.2, 0.25) is 0 Å². The second-order valence-electron chi connectivity index (χ2n) is 11.9. The Bertz CT molecular complexity index is 1640. The molecule has 6 rings (SSSR count). The van der Waals surface area contributed by atoms with Crippen LogP contribution in [0.2, 0.25) is 5.02 Å². The quantitative estimate of drug-likeness (QED) is 0.229. The van der Waals surface area contributed by atoms with Crippen LogP contribution in [0.25, 0.3) is 28.3 Å². The van der Waals surface area contributed by atoms with Gasteiger partial charge in [0, 0.05) is 91.7 Å². The number of nitrogens with zero attached hydrogens (tertiary/aromatic N) is 8. The van der Waals surface area contributed by atoms with Crippen LogP contribution in [0.5, 0.6) is 0 Å². The van der Waals surface area contributed by atoms with Gasteiger partial charge in [-0.3, -0.25) is 4.98 Å². The van der Waals surface area contributed by atoms with Gasteiger partial charge in [0.05, 0.1) is 23.8 Å². The lowest BCUT2D eigenvalue weighted by atomic mass is 10.0. The Labute approximate surface area is 271 Å². The fraction of sp³-hybridized carbons (Fsp3) is 0.387. The molecule has 45 heavy (non-hydrogen) atoms. The molecule has 2 aliphatic heterocycles. The molecule has 0 atom stereocenters. The van der Waals surface area contributed by atoms with E-state index in [-0.39, 0.29) is 6.09 Å². The van der Waals surface area contributed by atoms with Crippen molar-refractivity contribution in [3.8, 4) is 28.3 Å². The highest BCUT2D eigenvalue weighted by atomic mass is 35.5. The van der Waals surface area contributed by atoms with E-state index in [0.29, 0.717) is 59.7 Å². The normalized spacial score (nSPS) is 15.8. The van der Waals surface area contributed by atoms with Crippen molar-refractivity contribution in [3.63, 3.8) is 0 Å². The van der Waals surface area contributed by atoms with Gasteiger partial charge in [0.25, 0.3) is 5.95 Å². The number of amides is 1. The van der Waals surface area contributed by atoms with Gasteiger partial charge in [-0.2, -0.15) is 5.10 Å². The van der Waals surface area contributed by atoms with E-state index in [1.54, 1.807) is 52.7 Å². The highest BCUT2D eigenvalue weighted by molar-refractivity contribution is 7.98. The first-order valence-electron chi connectivity index (χ1n) is 14.9. The molecule has 5 heterocycles. The first-order chi connectivity index (χ1) is 21.6. The van der Waals surface area contributed by atoms with Crippen LogP contribution in [-0.4, -0.2) is 84.9 Å². The summed E-state index contributed by atoms with van der Waals surface area (Å²) in [5, 5.41) is 5.19. The Balaban J connectivity index is 1.25. The van der Waals surface area contributed by atoms with Crippen LogP contribution >= 0.6 is 23.7 Å². The number of benzene rings is 1. The number of rotatable bonds is 7. The van der Waals surface area contributed by atoms with Crippen molar-refractivity contribution in [2.75, 3.05) is 48.9 Å². The molecule has 3 aromatic heterocycles. The lowest BCUT2D eigenvalue weighted by Gasteiger charge is -2.36. The zero-order valence-electron chi connectivity index (χ0n) is 25.4. The zero-order chi connectivity index (χ0) is 31.6. The summed E-state index contributed by atoms with van der Waals surface area (Å²) in [6.45, 7) is 9.80. The Kier molecular flexibility index (Phi) is 9.11. The molecule has 11 nitrogen and oxygen atoms in total. The molecule has 0 unspecified atom stereocenters. The van der Waals surface area contributed by atoms with E-state index in [4.69, 9.17) is 21.4 Å². The molecule has 1 N–H and O–H groups in total. The predicted octanol–water partition coefficient (Wildman–Crippen LogP) is 6.31. The number of anilines is 2. The van der Waals surface area contributed by atoms with E-state index in [9.17, 15) is 4.79 Å². The number of ether oxygens (including phenoxy) is 1. The first-order valence-corrected chi connectivity index (χ1v) is 16.0. The number of hydrogen-bond acceptors (Lipinski definition) is 10. The first kappa shape index (κ1) is 31.1. The number of piperazine rings is 1. The molecule has 1 amide bonds. The lowest BCUT2D eigenvalue weighted by molar-refractivity contribution is 0.0240. The molecule has 2 aliphatic rings. The fourth-order valence-electron chi connectivity index (χ4n) is 5.22. The van der Waals surface area contributed by atoms with Crippen LogP contribution < -0.4 is 9.62 Å². The van der Waals surface area contributed by atoms with E-state index in [1.807, 2.05) is 32.9 Å². The second-order valence-corrected chi connectivity index (χ2v) is 13.3. The van der Waals surface area contributed by atoms with Crippen LogP contribution in [0, 0.1) is 5.82 Å². The largest absolute Gasteiger partial charge is 0.444 e. The van der Waals surface area contributed by atoms with E-state index in [0.717, 1.165) is 37.2 Å². The number of carbonyl (C=O) groups excluding carboxylic acids is 1. The van der Waals surface area contributed by atoms with Gasteiger partial charge in [-0.05, 0) is 57.9 Å². The molecule has 0 radical (unpaired) electrons. The van der Waals surface area contributed by atoms with Crippen molar-refractivity contribution in [2.45, 2.75) is 39.2 Å². The summed E-state index contributed by atoms with van der Waals surface area (Å²) in [5.41, 5.74) is 2.75. The number of pyridine rings is 1. The van der Waals surface area contributed by atoms with Crippen molar-refractivity contribution in [2.24, 2.45) is 0 Å². The lowest BCUT2D eigenvalue weighted by Crippen LogP contribution is -2.50. The van der Waals surface area contributed by atoms with Crippen LogP contribution in [0.1, 0.15) is 33.6 Å². The average molecular weight is 652 g/mol. The Morgan fingerprint density at radius 1 is 1.00 bits per heavy atom. The molecule has 0 saturated carbocycles. The summed E-state index contributed by atoms with van der Waals surface area (Å²) >= 11 is 7.90. The van der Waals surface area contributed by atoms with Gasteiger partial charge in [-0.1, -0.05) is 11.6 Å². The van der Waals surface area contributed by atoms with Crippen molar-refractivity contribution in [1.82, 2.24) is 33.9 Å². The van der Waals surface area contributed by atoms with Gasteiger partial charge >= 0.3 is 6.09 Å². The highest BCUT2D eigenvalue weighted by Crippen LogP contribution is 2.38. The number of halogens is 2. The Morgan fingerprint density at radius 3 is 2.36 bits per heavy atom. The van der Waals surface area contributed by atoms with Crippen LogP contribution in [0.4, 0.5) is 20.6 Å². The number of aromatic nitrogens is 5. The molecular weight excluding hydrogens is 617 g/mol. The summed E-state index contributed by atoms with van der Waals surface area (Å²) < 4.78 is 28.4. The molecule has 0 spiro atoms. The van der Waals surface area contributed by atoms with Crippen molar-refractivity contribution in [3.05, 3.63) is 66.1 Å². The Morgan fingerprint density at radius 2 is 1.69 bits per heavy atom. The minimum atomic E-state index is -0.536. The van der Waals surface area contributed by atoms with Crippen LogP contribution in [-0.2, 0) is 4.74 Å². The maximum atomic E-state index is 16.1. The van der Waals surface area contributed by atoms with E-state index >= 15 is 4.39 Å². The molecule has 4 aromatic rings. The summed E-state index contributed by atoms with van der Waals surface area (Å²) in [7, 11) is 0. The SMILES string of the molecule is CC(C)(C)OC(=O)N1CCN(c2cnc(-n3cc(-c4cc(Cl)cc(NSN5CCCC5)c4F)c(-c4ccncc4)n3)nc2)CC1. The highest BCUT2D eigenvalue weighted by Gasteiger charge is 2.27. The van der Waals surface area contributed by atoms with Gasteiger partial charge in [-0.25, -0.2) is 28.1 Å². The smallest absolute Gasteiger partial charge is 0.410 e. The Hall–Kier alpha value is -3.94. The molecule has 1 aromatic carbocycles. The van der Waals surface area contributed by atoms with Gasteiger partial charge < -0.3 is 19.3 Å². The van der Waals surface area contributed by atoms with Crippen LogP contribution in [0.3, 0.4) is 0 Å². The summed E-state index contributed by atoms with van der Waals surface area (Å²) in [6.07, 6.45) is 10.5. The second kappa shape index (κ2) is 13.2. The van der Waals surface area contributed by atoms with E-state index < -0.39 is 11.4 Å². The summed E-state index contributed by atoms with van der Waals surface area (Å²) in [4.78, 5) is 29.6. The fourth-order valence-corrected chi connectivity index (χ4v) is 6.25. The molecule has 0 bridgehead atoms. The maximum absolute atomic E-state index is 16.1. The van der Waals surface area contributed by atoms with Gasteiger partial charge in [-0.15, -0.1) is 0 Å². The third kappa shape index (κ3) is 7.32. The molecule has 2 saturated heterocycles. The summed E-state index contributed by atoms with van der Waals surface area (Å²) in [6, 6.07) is 6.84. The molecule has 236 valence electrons. The van der Waals surface area contributed by atoms with Crippen LogP contribution in [0.15, 0.2) is 55.2 Å². The number of hydrogen-bond donors (Lipinski definition) is 1. The van der Waals surface area contributed by atoms with Crippen molar-refractivity contribution < 1.29 is 13.9 Å². The van der Waals surface area contributed by atoms with Crippen molar-refractivity contribution >= 4 is 41.2 Å². The third-order valence-electron chi connectivity index (χ3n) is 7.47. The van der Waals surface area contributed by atoms with Gasteiger partial charge in [0.1, 0.15) is 11.3 Å². The molecule has 14 heteroatoms. The maximum Gasteiger partial charge on any atom is 0.410 e. The van der Waals surface area contributed by atoms with E-state index in [2.05, 4.69) is 28.9 Å². The van der Waals surface area contributed by atoms with Gasteiger partial charge in [0.15, 0.2) is 5.82 Å². The third-order valence-corrected chi connectivity index (χ3v) is 8.62. The minimum absolute atomic E-state index is 0.301.